The fourth-order valence-corrected chi connectivity index (χ4v) is 2.76. The Morgan fingerprint density at radius 3 is 2.67 bits per heavy atom. The van der Waals surface area contributed by atoms with Crippen LogP contribution in [0.4, 0.5) is 0 Å². The van der Waals surface area contributed by atoms with Crippen LogP contribution in [0.25, 0.3) is 0 Å². The van der Waals surface area contributed by atoms with Crippen molar-refractivity contribution in [1.29, 1.82) is 0 Å². The predicted molar refractivity (Wildman–Crippen MR) is 65.4 cm³/mol. The molecule has 0 spiro atoms. The zero-order valence-electron chi connectivity index (χ0n) is 10.1. The smallest absolute Gasteiger partial charge is 0.0990 e. The van der Waals surface area contributed by atoms with E-state index in [-0.39, 0.29) is 0 Å². The van der Waals surface area contributed by atoms with E-state index in [1.807, 2.05) is 11.3 Å². The van der Waals surface area contributed by atoms with E-state index in [1.54, 1.807) is 0 Å². The number of aromatic nitrogens is 1. The Morgan fingerprint density at radius 1 is 1.47 bits per heavy atom. The molecule has 1 aromatic rings. The molecule has 0 unspecified atom stereocenters. The quantitative estimate of drug-likeness (QED) is 0.850. The Balaban J connectivity index is 2.08. The molecule has 84 valence electrons. The lowest BCUT2D eigenvalue weighted by atomic mass is 10.2. The Labute approximate surface area is 96.1 Å². The number of rotatable bonds is 4. The molecule has 1 aliphatic rings. The largest absolute Gasteiger partial charge is 0.310 e. The average Bonchev–Trinajstić information content (AvgIpc) is 2.77. The highest BCUT2D eigenvalue weighted by Gasteiger charge is 2.42. The maximum absolute atomic E-state index is 4.70. The third kappa shape index (κ3) is 2.40. The maximum atomic E-state index is 4.70. The van der Waals surface area contributed by atoms with Gasteiger partial charge in [-0.15, -0.1) is 11.3 Å². The summed E-state index contributed by atoms with van der Waals surface area (Å²) in [6.45, 7) is 9.78. The van der Waals surface area contributed by atoms with Gasteiger partial charge in [-0.3, -0.25) is 0 Å². The molecule has 1 aromatic heterocycles. The van der Waals surface area contributed by atoms with Crippen molar-refractivity contribution >= 4 is 11.3 Å². The first kappa shape index (κ1) is 11.1. The molecule has 0 radical (unpaired) electrons. The molecular weight excluding hydrogens is 204 g/mol. The lowest BCUT2D eigenvalue weighted by Gasteiger charge is -2.06. The van der Waals surface area contributed by atoms with Gasteiger partial charge in [0.25, 0.3) is 0 Å². The van der Waals surface area contributed by atoms with Crippen molar-refractivity contribution in [2.45, 2.75) is 58.5 Å². The summed E-state index contributed by atoms with van der Waals surface area (Å²) in [5, 5.41) is 4.81. The Kier molecular flexibility index (Phi) is 2.86. The minimum absolute atomic E-state index is 0.422. The van der Waals surface area contributed by atoms with Gasteiger partial charge in [-0.1, -0.05) is 20.8 Å². The fourth-order valence-electron chi connectivity index (χ4n) is 1.55. The topological polar surface area (TPSA) is 24.9 Å². The Bertz CT molecular complexity index is 351. The molecule has 0 aliphatic heterocycles. The molecule has 0 bridgehead atoms. The van der Waals surface area contributed by atoms with Gasteiger partial charge in [0, 0.05) is 22.9 Å². The lowest BCUT2D eigenvalue weighted by molar-refractivity contribution is 0.591. The normalized spacial score (nSPS) is 18.5. The second kappa shape index (κ2) is 3.87. The SMILES string of the molecule is Cc1nc(C2(C)CC2)sc1CNC(C)C. The minimum Gasteiger partial charge on any atom is -0.310 e. The summed E-state index contributed by atoms with van der Waals surface area (Å²) < 4.78 is 0. The summed E-state index contributed by atoms with van der Waals surface area (Å²) in [6, 6.07) is 0.548. The van der Waals surface area contributed by atoms with Gasteiger partial charge in [0.15, 0.2) is 0 Å². The van der Waals surface area contributed by atoms with Crippen LogP contribution in [0.2, 0.25) is 0 Å². The molecule has 1 aliphatic carbocycles. The van der Waals surface area contributed by atoms with E-state index >= 15 is 0 Å². The van der Waals surface area contributed by atoms with Crippen molar-refractivity contribution in [3.8, 4) is 0 Å². The third-order valence-electron chi connectivity index (χ3n) is 3.08. The zero-order chi connectivity index (χ0) is 11.1. The molecule has 2 nitrogen and oxygen atoms in total. The van der Waals surface area contributed by atoms with E-state index < -0.39 is 0 Å². The first-order valence-corrected chi connectivity index (χ1v) is 6.53. The Morgan fingerprint density at radius 2 is 2.13 bits per heavy atom. The number of nitrogens with zero attached hydrogens (tertiary/aromatic N) is 1. The van der Waals surface area contributed by atoms with Crippen molar-refractivity contribution < 1.29 is 0 Å². The van der Waals surface area contributed by atoms with Crippen LogP contribution in [0.3, 0.4) is 0 Å². The van der Waals surface area contributed by atoms with Crippen molar-refractivity contribution in [2.24, 2.45) is 0 Å². The lowest BCUT2D eigenvalue weighted by Crippen LogP contribution is -2.21. The fraction of sp³-hybridized carbons (Fsp3) is 0.750. The van der Waals surface area contributed by atoms with Crippen LogP contribution in [0.1, 0.15) is 49.2 Å². The van der Waals surface area contributed by atoms with Crippen LogP contribution in [-0.4, -0.2) is 11.0 Å². The molecule has 1 N–H and O–H groups in total. The minimum atomic E-state index is 0.422. The molecule has 0 aromatic carbocycles. The highest BCUT2D eigenvalue weighted by atomic mass is 32.1. The molecule has 1 heterocycles. The standard InChI is InChI=1S/C12H20N2S/c1-8(2)13-7-10-9(3)14-11(15-10)12(4)5-6-12/h8,13H,5-7H2,1-4H3. The van der Waals surface area contributed by atoms with Crippen molar-refractivity contribution in [3.05, 3.63) is 15.6 Å². The number of aryl methyl sites for hydroxylation is 1. The molecule has 1 fully saturated rings. The monoisotopic (exact) mass is 224 g/mol. The summed E-state index contributed by atoms with van der Waals surface area (Å²) in [4.78, 5) is 6.11. The van der Waals surface area contributed by atoms with Gasteiger partial charge in [0.2, 0.25) is 0 Å². The van der Waals surface area contributed by atoms with E-state index in [2.05, 4.69) is 33.0 Å². The highest BCUT2D eigenvalue weighted by Crippen LogP contribution is 2.49. The summed E-state index contributed by atoms with van der Waals surface area (Å²) in [5.41, 5.74) is 1.64. The van der Waals surface area contributed by atoms with Gasteiger partial charge in [-0.25, -0.2) is 4.98 Å². The van der Waals surface area contributed by atoms with Crippen LogP contribution < -0.4 is 5.32 Å². The molecule has 2 rings (SSSR count). The van der Waals surface area contributed by atoms with Crippen molar-refractivity contribution in [1.82, 2.24) is 10.3 Å². The average molecular weight is 224 g/mol. The van der Waals surface area contributed by atoms with E-state index in [4.69, 9.17) is 4.98 Å². The van der Waals surface area contributed by atoms with Gasteiger partial charge >= 0.3 is 0 Å². The van der Waals surface area contributed by atoms with Crippen molar-refractivity contribution in [2.75, 3.05) is 0 Å². The van der Waals surface area contributed by atoms with Gasteiger partial charge in [-0.05, 0) is 19.8 Å². The summed E-state index contributed by atoms with van der Waals surface area (Å²) in [5.74, 6) is 0. The van der Waals surface area contributed by atoms with Crippen molar-refractivity contribution in [3.63, 3.8) is 0 Å². The second-order valence-electron chi connectivity index (χ2n) is 5.12. The zero-order valence-corrected chi connectivity index (χ0v) is 10.9. The molecule has 0 saturated heterocycles. The summed E-state index contributed by atoms with van der Waals surface area (Å²) in [6.07, 6.45) is 2.63. The molecule has 0 atom stereocenters. The van der Waals surface area contributed by atoms with Crippen LogP contribution >= 0.6 is 11.3 Å². The highest BCUT2D eigenvalue weighted by molar-refractivity contribution is 7.12. The number of nitrogens with one attached hydrogen (secondary N) is 1. The number of thiazole rings is 1. The van der Waals surface area contributed by atoms with Gasteiger partial charge in [0.05, 0.1) is 10.7 Å². The van der Waals surface area contributed by atoms with E-state index in [0.29, 0.717) is 11.5 Å². The van der Waals surface area contributed by atoms with Gasteiger partial charge in [-0.2, -0.15) is 0 Å². The third-order valence-corrected chi connectivity index (χ3v) is 4.54. The van der Waals surface area contributed by atoms with E-state index in [9.17, 15) is 0 Å². The van der Waals surface area contributed by atoms with E-state index in [1.165, 1.54) is 28.4 Å². The number of hydrogen-bond donors (Lipinski definition) is 1. The molecular formula is C12H20N2S. The summed E-state index contributed by atoms with van der Waals surface area (Å²) in [7, 11) is 0. The molecule has 15 heavy (non-hydrogen) atoms. The predicted octanol–water partition coefficient (Wildman–Crippen LogP) is 3.00. The number of hydrogen-bond acceptors (Lipinski definition) is 3. The van der Waals surface area contributed by atoms with Gasteiger partial charge in [0.1, 0.15) is 0 Å². The Hall–Kier alpha value is -0.410. The van der Waals surface area contributed by atoms with Crippen LogP contribution in [0.15, 0.2) is 0 Å². The molecule has 3 heteroatoms. The summed E-state index contributed by atoms with van der Waals surface area (Å²) >= 11 is 1.90. The maximum Gasteiger partial charge on any atom is 0.0990 e. The second-order valence-corrected chi connectivity index (χ2v) is 6.21. The van der Waals surface area contributed by atoms with Crippen LogP contribution in [0.5, 0.6) is 0 Å². The molecule has 0 amide bonds. The van der Waals surface area contributed by atoms with Crippen LogP contribution in [-0.2, 0) is 12.0 Å². The first-order chi connectivity index (χ1) is 7.01. The van der Waals surface area contributed by atoms with E-state index in [0.717, 1.165) is 6.54 Å². The first-order valence-electron chi connectivity index (χ1n) is 5.71. The van der Waals surface area contributed by atoms with Gasteiger partial charge < -0.3 is 5.32 Å². The van der Waals surface area contributed by atoms with Crippen LogP contribution in [0, 0.1) is 6.92 Å². The molecule has 1 saturated carbocycles.